The fourth-order valence-electron chi connectivity index (χ4n) is 2.14. The summed E-state index contributed by atoms with van der Waals surface area (Å²) in [6.07, 6.45) is -0.950. The van der Waals surface area contributed by atoms with Crippen molar-refractivity contribution in [1.82, 2.24) is 0 Å². The van der Waals surface area contributed by atoms with Gasteiger partial charge in [-0.05, 0) is 11.1 Å². The van der Waals surface area contributed by atoms with Crippen LogP contribution < -0.4 is 0 Å². The smallest absolute Gasteiger partial charge is 0.182 e. The van der Waals surface area contributed by atoms with Gasteiger partial charge in [-0.25, -0.2) is 0 Å². The van der Waals surface area contributed by atoms with Crippen molar-refractivity contribution in [2.24, 2.45) is 0 Å². The molecule has 0 bridgehead atoms. The van der Waals surface area contributed by atoms with Crippen LogP contribution >= 0.6 is 0 Å². The monoisotopic (exact) mass is 212 g/mol. The zero-order valence-electron chi connectivity index (χ0n) is 8.71. The molecule has 0 aliphatic carbocycles. The van der Waals surface area contributed by atoms with Crippen LogP contribution in [0.1, 0.15) is 29.1 Å². The van der Waals surface area contributed by atoms with E-state index in [4.69, 9.17) is 4.74 Å². The molecule has 1 aliphatic heterocycles. The number of aliphatic hydroxyl groups excluding tert-OH is 1. The maximum atomic E-state index is 9.79. The van der Waals surface area contributed by atoms with Gasteiger partial charge in [-0.2, -0.15) is 0 Å². The Morgan fingerprint density at radius 3 is 2.19 bits per heavy atom. The van der Waals surface area contributed by atoms with Gasteiger partial charge in [0.1, 0.15) is 6.10 Å². The van der Waals surface area contributed by atoms with Gasteiger partial charge in [0.05, 0.1) is 0 Å². The summed E-state index contributed by atoms with van der Waals surface area (Å²) >= 11 is 0. The molecule has 1 heterocycles. The zero-order chi connectivity index (χ0) is 11.0. The summed E-state index contributed by atoms with van der Waals surface area (Å²) in [4.78, 5) is 0. The highest BCUT2D eigenvalue weighted by Crippen LogP contribution is 2.40. The van der Waals surface area contributed by atoms with Crippen LogP contribution in [0.4, 0.5) is 0 Å². The predicted octanol–water partition coefficient (Wildman–Crippen LogP) is 2.80. The van der Waals surface area contributed by atoms with Crippen LogP contribution in [0.2, 0.25) is 0 Å². The largest absolute Gasteiger partial charge is 0.364 e. The molecule has 0 aromatic heterocycles. The normalized spacial score (nSPS) is 23.1. The van der Waals surface area contributed by atoms with Crippen LogP contribution in [-0.4, -0.2) is 5.11 Å². The van der Waals surface area contributed by atoms with Crippen LogP contribution in [-0.2, 0) is 4.74 Å². The van der Waals surface area contributed by atoms with Gasteiger partial charge in [0, 0.05) is 5.56 Å². The van der Waals surface area contributed by atoms with Crippen LogP contribution in [0, 0.1) is 0 Å². The van der Waals surface area contributed by atoms with Gasteiger partial charge in [-0.3, -0.25) is 0 Å². The van der Waals surface area contributed by atoms with Gasteiger partial charge in [-0.15, -0.1) is 0 Å². The number of fused-ring (bicyclic) bond motifs is 1. The third kappa shape index (κ3) is 1.43. The topological polar surface area (TPSA) is 29.5 Å². The Balaban J connectivity index is 2.07. The summed E-state index contributed by atoms with van der Waals surface area (Å²) in [7, 11) is 0. The SMILES string of the molecule is O[C@@H]1O[C@@H](c2ccccc2)c2ccccc21. The Morgan fingerprint density at radius 1 is 0.812 bits per heavy atom. The Bertz CT molecular complexity index is 493. The van der Waals surface area contributed by atoms with Crippen molar-refractivity contribution >= 4 is 0 Å². The van der Waals surface area contributed by atoms with Crippen molar-refractivity contribution in [3.63, 3.8) is 0 Å². The lowest BCUT2D eigenvalue weighted by Crippen LogP contribution is -1.99. The van der Waals surface area contributed by atoms with Gasteiger partial charge in [0.15, 0.2) is 6.29 Å². The van der Waals surface area contributed by atoms with E-state index in [1.165, 1.54) is 0 Å². The van der Waals surface area contributed by atoms with E-state index in [0.29, 0.717) is 0 Å². The molecular formula is C14H12O2. The lowest BCUT2D eigenvalue weighted by Gasteiger charge is -2.11. The van der Waals surface area contributed by atoms with Gasteiger partial charge >= 0.3 is 0 Å². The molecule has 0 saturated carbocycles. The van der Waals surface area contributed by atoms with E-state index in [2.05, 4.69) is 0 Å². The molecule has 3 rings (SSSR count). The number of rotatable bonds is 1. The average Bonchev–Trinajstić information content (AvgIpc) is 2.69. The molecule has 2 aromatic carbocycles. The van der Waals surface area contributed by atoms with Crippen molar-refractivity contribution in [3.8, 4) is 0 Å². The Kier molecular flexibility index (Phi) is 2.24. The molecule has 80 valence electrons. The van der Waals surface area contributed by atoms with Gasteiger partial charge in [0.25, 0.3) is 0 Å². The zero-order valence-corrected chi connectivity index (χ0v) is 8.71. The Hall–Kier alpha value is -1.64. The first kappa shape index (κ1) is 9.58. The number of aliphatic hydroxyl groups is 1. The van der Waals surface area contributed by atoms with Crippen LogP contribution in [0.3, 0.4) is 0 Å². The molecule has 16 heavy (non-hydrogen) atoms. The lowest BCUT2D eigenvalue weighted by molar-refractivity contribution is -0.109. The van der Waals surface area contributed by atoms with Crippen molar-refractivity contribution in [3.05, 3.63) is 71.3 Å². The summed E-state index contributed by atoms with van der Waals surface area (Å²) in [5.41, 5.74) is 3.00. The molecule has 0 saturated heterocycles. The van der Waals surface area contributed by atoms with Crippen LogP contribution in [0.25, 0.3) is 0 Å². The second-order valence-corrected chi connectivity index (χ2v) is 3.91. The number of ether oxygens (including phenoxy) is 1. The van der Waals surface area contributed by atoms with E-state index in [9.17, 15) is 5.11 Å². The highest BCUT2D eigenvalue weighted by Gasteiger charge is 2.30. The van der Waals surface area contributed by atoms with Crippen molar-refractivity contribution in [1.29, 1.82) is 0 Å². The molecule has 2 nitrogen and oxygen atoms in total. The van der Waals surface area contributed by atoms with Gasteiger partial charge < -0.3 is 9.84 Å². The highest BCUT2D eigenvalue weighted by atomic mass is 16.6. The molecule has 2 aromatic rings. The third-order valence-corrected chi connectivity index (χ3v) is 2.91. The molecule has 1 N–H and O–H groups in total. The summed E-state index contributed by atoms with van der Waals surface area (Å²) < 4.78 is 5.57. The lowest BCUT2D eigenvalue weighted by atomic mass is 9.99. The van der Waals surface area contributed by atoms with Crippen molar-refractivity contribution in [2.45, 2.75) is 12.4 Å². The quantitative estimate of drug-likeness (QED) is 0.787. The summed E-state index contributed by atoms with van der Waals surface area (Å²) in [5.74, 6) is 0. The van der Waals surface area contributed by atoms with E-state index in [-0.39, 0.29) is 6.10 Å². The van der Waals surface area contributed by atoms with Gasteiger partial charge in [0.2, 0.25) is 0 Å². The minimum Gasteiger partial charge on any atom is -0.364 e. The Labute approximate surface area is 94.1 Å². The fraction of sp³-hybridized carbons (Fsp3) is 0.143. The second kappa shape index (κ2) is 3.74. The highest BCUT2D eigenvalue weighted by molar-refractivity contribution is 5.39. The van der Waals surface area contributed by atoms with Crippen molar-refractivity contribution < 1.29 is 9.84 Å². The second-order valence-electron chi connectivity index (χ2n) is 3.91. The Morgan fingerprint density at radius 2 is 1.44 bits per heavy atom. The van der Waals surface area contributed by atoms with Crippen LogP contribution in [0.15, 0.2) is 54.6 Å². The minimum absolute atomic E-state index is 0.146. The first-order chi connectivity index (χ1) is 7.86. The molecule has 1 aliphatic rings. The van der Waals surface area contributed by atoms with E-state index >= 15 is 0 Å². The molecular weight excluding hydrogens is 200 g/mol. The fourth-order valence-corrected chi connectivity index (χ4v) is 2.14. The number of benzene rings is 2. The van der Waals surface area contributed by atoms with Crippen molar-refractivity contribution in [2.75, 3.05) is 0 Å². The standard InChI is InChI=1S/C14H12O2/c15-14-12-9-5-4-8-11(12)13(16-14)10-6-2-1-3-7-10/h1-9,13-15H/t13-,14+/m0/s1. The first-order valence-corrected chi connectivity index (χ1v) is 5.33. The van der Waals surface area contributed by atoms with E-state index in [1.54, 1.807) is 0 Å². The molecule has 0 fully saturated rings. The molecule has 0 spiro atoms. The third-order valence-electron chi connectivity index (χ3n) is 2.91. The summed E-state index contributed by atoms with van der Waals surface area (Å²) in [6, 6.07) is 17.7. The average molecular weight is 212 g/mol. The summed E-state index contributed by atoms with van der Waals surface area (Å²) in [5, 5.41) is 9.79. The van der Waals surface area contributed by atoms with E-state index in [0.717, 1.165) is 16.7 Å². The summed E-state index contributed by atoms with van der Waals surface area (Å²) in [6.45, 7) is 0. The number of hydrogen-bond acceptors (Lipinski definition) is 2. The van der Waals surface area contributed by atoms with E-state index in [1.807, 2.05) is 54.6 Å². The molecule has 0 radical (unpaired) electrons. The number of hydrogen-bond donors (Lipinski definition) is 1. The molecule has 2 heteroatoms. The maximum Gasteiger partial charge on any atom is 0.182 e. The van der Waals surface area contributed by atoms with Crippen LogP contribution in [0.5, 0.6) is 0 Å². The maximum absolute atomic E-state index is 9.79. The molecule has 0 amide bonds. The molecule has 2 atom stereocenters. The van der Waals surface area contributed by atoms with E-state index < -0.39 is 6.29 Å². The van der Waals surface area contributed by atoms with Gasteiger partial charge in [-0.1, -0.05) is 54.6 Å². The first-order valence-electron chi connectivity index (χ1n) is 5.33. The predicted molar refractivity (Wildman–Crippen MR) is 60.8 cm³/mol. The molecule has 0 unspecified atom stereocenters. The minimum atomic E-state index is -0.804.